The number of amides is 1. The van der Waals surface area contributed by atoms with Crippen molar-refractivity contribution in [3.8, 4) is 5.75 Å². The van der Waals surface area contributed by atoms with E-state index in [0.29, 0.717) is 17.9 Å². The number of carbonyl (C=O) groups is 1. The summed E-state index contributed by atoms with van der Waals surface area (Å²) in [5.74, 6) is 0.558. The van der Waals surface area contributed by atoms with E-state index in [9.17, 15) is 4.79 Å². The Bertz CT molecular complexity index is 875. The number of anilines is 1. The molecule has 0 atom stereocenters. The zero-order valence-corrected chi connectivity index (χ0v) is 13.9. The lowest BCUT2D eigenvalue weighted by molar-refractivity contribution is 0.102. The minimum atomic E-state index is -0.148. The molecular weight excluding hydrogens is 312 g/mol. The van der Waals surface area contributed by atoms with Crippen LogP contribution in [-0.2, 0) is 0 Å². The van der Waals surface area contributed by atoms with Crippen molar-refractivity contribution in [2.45, 2.75) is 12.8 Å². The zero-order chi connectivity index (χ0) is 17.5. The van der Waals surface area contributed by atoms with Crippen LogP contribution in [0.15, 0.2) is 73.4 Å². The summed E-state index contributed by atoms with van der Waals surface area (Å²) < 4.78 is 5.70. The van der Waals surface area contributed by atoms with E-state index < -0.39 is 0 Å². The number of nitrogens with zero attached hydrogens (tertiary/aromatic N) is 1. The second-order valence-electron chi connectivity index (χ2n) is 5.68. The molecule has 1 heterocycles. The van der Waals surface area contributed by atoms with E-state index >= 15 is 0 Å². The first-order valence-corrected chi connectivity index (χ1v) is 8.26. The van der Waals surface area contributed by atoms with Gasteiger partial charge < -0.3 is 10.1 Å². The van der Waals surface area contributed by atoms with Crippen LogP contribution in [0.2, 0.25) is 0 Å². The summed E-state index contributed by atoms with van der Waals surface area (Å²) in [6.45, 7) is 4.31. The molecule has 1 amide bonds. The molecule has 0 fully saturated rings. The predicted molar refractivity (Wildman–Crippen MR) is 101 cm³/mol. The van der Waals surface area contributed by atoms with Crippen molar-refractivity contribution < 1.29 is 9.53 Å². The highest BCUT2D eigenvalue weighted by Gasteiger charge is 2.08. The van der Waals surface area contributed by atoms with Gasteiger partial charge in [0.05, 0.1) is 18.3 Å². The Kier molecular flexibility index (Phi) is 5.42. The first-order valence-electron chi connectivity index (χ1n) is 8.26. The van der Waals surface area contributed by atoms with Gasteiger partial charge in [-0.05, 0) is 49.2 Å². The molecular formula is C21H20N2O2. The molecule has 0 saturated heterocycles. The molecule has 1 aromatic heterocycles. The number of allylic oxidation sites excluding steroid dienone is 1. The first kappa shape index (κ1) is 16.7. The Hall–Kier alpha value is -3.14. The number of carbonyl (C=O) groups excluding carboxylic acids is 1. The Morgan fingerprint density at radius 1 is 1.16 bits per heavy atom. The number of nitrogens with one attached hydrogen (secondary N) is 1. The molecule has 25 heavy (non-hydrogen) atoms. The van der Waals surface area contributed by atoms with Crippen molar-refractivity contribution in [1.82, 2.24) is 4.98 Å². The van der Waals surface area contributed by atoms with Gasteiger partial charge in [-0.2, -0.15) is 0 Å². The zero-order valence-electron chi connectivity index (χ0n) is 13.9. The van der Waals surface area contributed by atoms with Crippen molar-refractivity contribution >= 4 is 22.5 Å². The van der Waals surface area contributed by atoms with Crippen LogP contribution in [0.5, 0.6) is 5.75 Å². The molecule has 0 aliphatic heterocycles. The van der Waals surface area contributed by atoms with Crippen molar-refractivity contribution in [3.05, 3.63) is 79.0 Å². The van der Waals surface area contributed by atoms with E-state index in [1.807, 2.05) is 54.6 Å². The van der Waals surface area contributed by atoms with Crippen molar-refractivity contribution in [3.63, 3.8) is 0 Å². The molecule has 126 valence electrons. The number of unbranched alkanes of at least 4 members (excludes halogenated alkanes) is 1. The largest absolute Gasteiger partial charge is 0.492 e. The smallest absolute Gasteiger partial charge is 0.255 e. The summed E-state index contributed by atoms with van der Waals surface area (Å²) in [6, 6.07) is 16.8. The molecule has 0 spiro atoms. The van der Waals surface area contributed by atoms with E-state index in [-0.39, 0.29) is 5.91 Å². The van der Waals surface area contributed by atoms with Crippen LogP contribution in [0.3, 0.4) is 0 Å². The van der Waals surface area contributed by atoms with Crippen molar-refractivity contribution in [2.75, 3.05) is 11.9 Å². The van der Waals surface area contributed by atoms with Gasteiger partial charge in [0.25, 0.3) is 5.91 Å². The SMILES string of the molecule is C=CCCCOc1cnc2ccc(C(=O)Nc3ccccc3)cc2c1. The van der Waals surface area contributed by atoms with Crippen LogP contribution in [-0.4, -0.2) is 17.5 Å². The van der Waals surface area contributed by atoms with E-state index in [1.54, 1.807) is 12.3 Å². The van der Waals surface area contributed by atoms with Crippen molar-refractivity contribution in [1.29, 1.82) is 0 Å². The maximum absolute atomic E-state index is 12.4. The number of para-hydroxylation sites is 1. The summed E-state index contributed by atoms with van der Waals surface area (Å²) in [7, 11) is 0. The third-order valence-electron chi connectivity index (χ3n) is 3.77. The fourth-order valence-corrected chi connectivity index (χ4v) is 2.47. The molecule has 4 nitrogen and oxygen atoms in total. The summed E-state index contributed by atoms with van der Waals surface area (Å²) in [5.41, 5.74) is 2.18. The number of hydrogen-bond acceptors (Lipinski definition) is 3. The van der Waals surface area contributed by atoms with Gasteiger partial charge in [-0.15, -0.1) is 6.58 Å². The fraction of sp³-hybridized carbons (Fsp3) is 0.143. The molecule has 3 aromatic rings. The van der Waals surface area contributed by atoms with Gasteiger partial charge in [-0.1, -0.05) is 24.3 Å². The average molecular weight is 332 g/mol. The lowest BCUT2D eigenvalue weighted by atomic mass is 10.1. The quantitative estimate of drug-likeness (QED) is 0.498. The van der Waals surface area contributed by atoms with Crippen LogP contribution < -0.4 is 10.1 Å². The van der Waals surface area contributed by atoms with E-state index in [1.165, 1.54) is 0 Å². The second kappa shape index (κ2) is 8.11. The summed E-state index contributed by atoms with van der Waals surface area (Å²) in [6.07, 6.45) is 5.42. The second-order valence-corrected chi connectivity index (χ2v) is 5.68. The molecule has 0 radical (unpaired) electrons. The highest BCUT2D eigenvalue weighted by Crippen LogP contribution is 2.20. The Morgan fingerprint density at radius 3 is 2.80 bits per heavy atom. The van der Waals surface area contributed by atoms with Gasteiger partial charge in [0, 0.05) is 16.6 Å². The number of hydrogen-bond donors (Lipinski definition) is 1. The molecule has 1 N–H and O–H groups in total. The van der Waals surface area contributed by atoms with E-state index in [2.05, 4.69) is 16.9 Å². The van der Waals surface area contributed by atoms with E-state index in [0.717, 1.165) is 29.4 Å². The van der Waals surface area contributed by atoms with Crippen molar-refractivity contribution in [2.24, 2.45) is 0 Å². The number of fused-ring (bicyclic) bond motifs is 1. The topological polar surface area (TPSA) is 51.2 Å². The van der Waals surface area contributed by atoms with Crippen LogP contribution in [0, 0.1) is 0 Å². The lowest BCUT2D eigenvalue weighted by Crippen LogP contribution is -2.11. The molecule has 3 rings (SSSR count). The minimum Gasteiger partial charge on any atom is -0.492 e. The molecule has 0 bridgehead atoms. The third kappa shape index (κ3) is 4.44. The Labute approximate surface area is 147 Å². The third-order valence-corrected chi connectivity index (χ3v) is 3.77. The van der Waals surface area contributed by atoms with Gasteiger partial charge in [-0.25, -0.2) is 0 Å². The minimum absolute atomic E-state index is 0.148. The maximum Gasteiger partial charge on any atom is 0.255 e. The Balaban J connectivity index is 1.75. The standard InChI is InChI=1S/C21H20N2O2/c1-2-3-7-12-25-19-14-17-13-16(10-11-20(17)22-15-19)21(24)23-18-8-5-4-6-9-18/h2,4-6,8-11,13-15H,1,3,7,12H2,(H,23,24). The van der Waals surface area contributed by atoms with Gasteiger partial charge in [0.2, 0.25) is 0 Å². The number of aromatic nitrogens is 1. The summed E-state index contributed by atoms with van der Waals surface area (Å²) >= 11 is 0. The van der Waals surface area contributed by atoms with Crippen LogP contribution >= 0.6 is 0 Å². The number of rotatable bonds is 7. The van der Waals surface area contributed by atoms with Gasteiger partial charge in [0.1, 0.15) is 5.75 Å². The normalized spacial score (nSPS) is 10.4. The molecule has 0 unspecified atom stereocenters. The average Bonchev–Trinajstić information content (AvgIpc) is 2.65. The highest BCUT2D eigenvalue weighted by atomic mass is 16.5. The van der Waals surface area contributed by atoms with Gasteiger partial charge in [-0.3, -0.25) is 9.78 Å². The summed E-state index contributed by atoms with van der Waals surface area (Å²) in [5, 5.41) is 3.76. The van der Waals surface area contributed by atoms with Crippen LogP contribution in [0.1, 0.15) is 23.2 Å². The molecule has 0 aliphatic rings. The highest BCUT2D eigenvalue weighted by molar-refractivity contribution is 6.06. The Morgan fingerprint density at radius 2 is 2.00 bits per heavy atom. The fourth-order valence-electron chi connectivity index (χ4n) is 2.47. The molecule has 4 heteroatoms. The number of pyridine rings is 1. The van der Waals surface area contributed by atoms with Gasteiger partial charge in [0.15, 0.2) is 0 Å². The summed E-state index contributed by atoms with van der Waals surface area (Å²) in [4.78, 5) is 16.8. The van der Waals surface area contributed by atoms with Crippen LogP contribution in [0.25, 0.3) is 10.9 Å². The first-order chi connectivity index (χ1) is 12.3. The molecule has 2 aromatic carbocycles. The number of benzene rings is 2. The monoisotopic (exact) mass is 332 g/mol. The van der Waals surface area contributed by atoms with Gasteiger partial charge >= 0.3 is 0 Å². The van der Waals surface area contributed by atoms with Crippen LogP contribution in [0.4, 0.5) is 5.69 Å². The predicted octanol–water partition coefficient (Wildman–Crippen LogP) is 4.83. The molecule has 0 aliphatic carbocycles. The van der Waals surface area contributed by atoms with E-state index in [4.69, 9.17) is 4.74 Å². The molecule has 0 saturated carbocycles. The lowest BCUT2D eigenvalue weighted by Gasteiger charge is -2.08. The maximum atomic E-state index is 12.4. The number of ether oxygens (including phenoxy) is 1.